The Labute approximate surface area is 100 Å². The first-order valence-electron chi connectivity index (χ1n) is 5.31. The van der Waals surface area contributed by atoms with Gasteiger partial charge in [-0.15, -0.1) is 0 Å². The predicted octanol–water partition coefficient (Wildman–Crippen LogP) is 3.35. The molecule has 2 nitrogen and oxygen atoms in total. The molecular weight excluding hydrogens is 210 g/mol. The van der Waals surface area contributed by atoms with E-state index in [1.54, 1.807) is 12.1 Å². The summed E-state index contributed by atoms with van der Waals surface area (Å²) < 4.78 is 0. The van der Waals surface area contributed by atoms with Crippen molar-refractivity contribution in [2.75, 3.05) is 0 Å². The number of carbonyl (C=O) groups excluding carboxylic acids is 1. The van der Waals surface area contributed by atoms with Crippen LogP contribution in [-0.2, 0) is 0 Å². The molecule has 0 aromatic heterocycles. The number of hydrogen-bond donors (Lipinski definition) is 0. The Kier molecular flexibility index (Phi) is 3.02. The van der Waals surface area contributed by atoms with Crippen molar-refractivity contribution in [1.82, 2.24) is 0 Å². The van der Waals surface area contributed by atoms with E-state index in [2.05, 4.69) is 6.07 Å². The Bertz CT molecular complexity index is 609. The Morgan fingerprint density at radius 1 is 1.18 bits per heavy atom. The van der Waals surface area contributed by atoms with Gasteiger partial charge in [0.25, 0.3) is 0 Å². The highest BCUT2D eigenvalue weighted by molar-refractivity contribution is 5.80. The average Bonchev–Trinajstić information content (AvgIpc) is 2.39. The van der Waals surface area contributed by atoms with Crippen molar-refractivity contribution in [2.45, 2.75) is 6.92 Å². The molecule has 2 aromatic rings. The van der Waals surface area contributed by atoms with Crippen molar-refractivity contribution in [1.29, 1.82) is 5.26 Å². The summed E-state index contributed by atoms with van der Waals surface area (Å²) >= 11 is 0. The minimum absolute atomic E-state index is 0.624. The van der Waals surface area contributed by atoms with Gasteiger partial charge in [0, 0.05) is 5.56 Å². The summed E-state index contributed by atoms with van der Waals surface area (Å²) in [7, 11) is 0. The van der Waals surface area contributed by atoms with Crippen LogP contribution in [-0.4, -0.2) is 6.29 Å². The smallest absolute Gasteiger partial charge is 0.150 e. The van der Waals surface area contributed by atoms with Crippen LogP contribution >= 0.6 is 0 Å². The highest BCUT2D eigenvalue weighted by Crippen LogP contribution is 2.24. The molecule has 0 saturated carbocycles. The van der Waals surface area contributed by atoms with E-state index < -0.39 is 0 Å². The van der Waals surface area contributed by atoms with E-state index in [0.717, 1.165) is 23.0 Å². The molecule has 2 heteroatoms. The van der Waals surface area contributed by atoms with E-state index in [-0.39, 0.29) is 0 Å². The second kappa shape index (κ2) is 4.63. The third-order valence-electron chi connectivity index (χ3n) is 2.70. The molecule has 0 unspecified atom stereocenters. The molecule has 0 saturated heterocycles. The molecule has 82 valence electrons. The van der Waals surface area contributed by atoms with Crippen LogP contribution in [0.1, 0.15) is 21.5 Å². The molecule has 0 heterocycles. The Morgan fingerprint density at radius 3 is 2.71 bits per heavy atom. The summed E-state index contributed by atoms with van der Waals surface area (Å²) in [6.07, 6.45) is 0.830. The summed E-state index contributed by atoms with van der Waals surface area (Å²) in [6, 6.07) is 15.1. The van der Waals surface area contributed by atoms with Gasteiger partial charge in [0.15, 0.2) is 0 Å². The molecule has 0 N–H and O–H groups in total. The van der Waals surface area contributed by atoms with Crippen LogP contribution in [0, 0.1) is 18.3 Å². The van der Waals surface area contributed by atoms with Gasteiger partial charge in [-0.25, -0.2) is 0 Å². The van der Waals surface area contributed by atoms with Crippen LogP contribution in [0.15, 0.2) is 42.5 Å². The van der Waals surface area contributed by atoms with E-state index in [0.29, 0.717) is 11.1 Å². The molecule has 0 radical (unpaired) electrons. The fourth-order valence-electron chi connectivity index (χ4n) is 1.78. The number of aldehydes is 1. The second-order valence-electron chi connectivity index (χ2n) is 3.88. The van der Waals surface area contributed by atoms with Crippen molar-refractivity contribution in [3.8, 4) is 17.2 Å². The van der Waals surface area contributed by atoms with Gasteiger partial charge in [-0.3, -0.25) is 4.79 Å². The topological polar surface area (TPSA) is 40.9 Å². The number of hydrogen-bond acceptors (Lipinski definition) is 2. The molecule has 0 aliphatic rings. The van der Waals surface area contributed by atoms with E-state index in [4.69, 9.17) is 5.26 Å². The van der Waals surface area contributed by atoms with Gasteiger partial charge in [0.1, 0.15) is 6.29 Å². The zero-order chi connectivity index (χ0) is 12.3. The third-order valence-corrected chi connectivity index (χ3v) is 2.70. The number of carbonyl (C=O) groups is 1. The Morgan fingerprint density at radius 2 is 2.00 bits per heavy atom. The largest absolute Gasteiger partial charge is 0.298 e. The Hall–Kier alpha value is -2.40. The van der Waals surface area contributed by atoms with Crippen LogP contribution < -0.4 is 0 Å². The molecule has 0 atom stereocenters. The first kappa shape index (κ1) is 11.1. The van der Waals surface area contributed by atoms with Gasteiger partial charge >= 0.3 is 0 Å². The number of benzene rings is 2. The maximum absolute atomic E-state index is 10.8. The minimum Gasteiger partial charge on any atom is -0.298 e. The van der Waals surface area contributed by atoms with Crippen LogP contribution in [0.4, 0.5) is 0 Å². The van der Waals surface area contributed by atoms with E-state index in [1.807, 2.05) is 37.3 Å². The van der Waals surface area contributed by atoms with Gasteiger partial charge in [-0.2, -0.15) is 5.26 Å². The molecule has 2 aromatic carbocycles. The lowest BCUT2D eigenvalue weighted by Gasteiger charge is -2.07. The van der Waals surface area contributed by atoms with Crippen LogP contribution in [0.3, 0.4) is 0 Å². The summed E-state index contributed by atoms with van der Waals surface area (Å²) in [4.78, 5) is 10.8. The molecule has 0 amide bonds. The summed E-state index contributed by atoms with van der Waals surface area (Å²) in [5.74, 6) is 0. The minimum atomic E-state index is 0.624. The number of aryl methyl sites for hydroxylation is 1. The molecule has 0 spiro atoms. The summed E-state index contributed by atoms with van der Waals surface area (Å²) in [5.41, 5.74) is 4.31. The van der Waals surface area contributed by atoms with Crippen LogP contribution in [0.2, 0.25) is 0 Å². The van der Waals surface area contributed by atoms with Gasteiger partial charge in [-0.1, -0.05) is 24.3 Å². The first-order valence-corrected chi connectivity index (χ1v) is 5.31. The maximum atomic E-state index is 10.8. The maximum Gasteiger partial charge on any atom is 0.150 e. The van der Waals surface area contributed by atoms with Gasteiger partial charge < -0.3 is 0 Å². The number of rotatable bonds is 2. The molecule has 0 aliphatic heterocycles. The zero-order valence-corrected chi connectivity index (χ0v) is 9.47. The van der Waals surface area contributed by atoms with Crippen molar-refractivity contribution in [2.24, 2.45) is 0 Å². The molecule has 0 bridgehead atoms. The molecule has 17 heavy (non-hydrogen) atoms. The number of nitrogens with zero attached hydrogens (tertiary/aromatic N) is 1. The molecule has 0 aliphatic carbocycles. The lowest BCUT2D eigenvalue weighted by atomic mass is 9.97. The van der Waals surface area contributed by atoms with Gasteiger partial charge in [0.05, 0.1) is 11.6 Å². The zero-order valence-electron chi connectivity index (χ0n) is 9.47. The van der Waals surface area contributed by atoms with E-state index >= 15 is 0 Å². The summed E-state index contributed by atoms with van der Waals surface area (Å²) in [5, 5.41) is 8.87. The number of nitriles is 1. The van der Waals surface area contributed by atoms with Gasteiger partial charge in [0.2, 0.25) is 0 Å². The van der Waals surface area contributed by atoms with Crippen molar-refractivity contribution >= 4 is 6.29 Å². The van der Waals surface area contributed by atoms with E-state index in [1.165, 1.54) is 0 Å². The highest BCUT2D eigenvalue weighted by Gasteiger charge is 2.04. The highest BCUT2D eigenvalue weighted by atomic mass is 16.1. The monoisotopic (exact) mass is 221 g/mol. The summed E-state index contributed by atoms with van der Waals surface area (Å²) in [6.45, 7) is 1.99. The normalized spacial score (nSPS) is 9.65. The standard InChI is InChI=1S/C15H11NO/c1-11-5-6-13(10-17)8-15(11)14-4-2-3-12(7-14)9-16/h2-8,10H,1H3. The van der Waals surface area contributed by atoms with E-state index in [9.17, 15) is 4.79 Å². The predicted molar refractivity (Wildman–Crippen MR) is 66.7 cm³/mol. The molecular formula is C15H11NO. The average molecular weight is 221 g/mol. The van der Waals surface area contributed by atoms with Crippen LogP contribution in [0.5, 0.6) is 0 Å². The Balaban J connectivity index is 2.59. The first-order chi connectivity index (χ1) is 8.24. The SMILES string of the molecule is Cc1ccc(C=O)cc1-c1cccc(C#N)c1. The van der Waals surface area contributed by atoms with Crippen molar-refractivity contribution in [3.05, 3.63) is 59.2 Å². The lowest BCUT2D eigenvalue weighted by molar-refractivity contribution is 0.112. The molecule has 2 rings (SSSR count). The third kappa shape index (κ3) is 2.24. The van der Waals surface area contributed by atoms with Crippen molar-refractivity contribution < 1.29 is 4.79 Å². The second-order valence-corrected chi connectivity index (χ2v) is 3.88. The quantitative estimate of drug-likeness (QED) is 0.730. The molecule has 0 fully saturated rings. The van der Waals surface area contributed by atoms with Crippen molar-refractivity contribution in [3.63, 3.8) is 0 Å². The fourth-order valence-corrected chi connectivity index (χ4v) is 1.78. The van der Waals surface area contributed by atoms with Crippen LogP contribution in [0.25, 0.3) is 11.1 Å². The lowest BCUT2D eigenvalue weighted by Crippen LogP contribution is -1.87. The van der Waals surface area contributed by atoms with Gasteiger partial charge in [-0.05, 0) is 41.8 Å². The fraction of sp³-hybridized carbons (Fsp3) is 0.0667.